The Labute approximate surface area is 172 Å². The van der Waals surface area contributed by atoms with E-state index in [0.717, 1.165) is 50.3 Å². The second-order valence-electron chi connectivity index (χ2n) is 7.68. The van der Waals surface area contributed by atoms with E-state index in [2.05, 4.69) is 54.9 Å². The molecule has 0 aromatic carbocycles. The first kappa shape index (κ1) is 19.3. The topological polar surface area (TPSA) is 48.4 Å². The highest BCUT2D eigenvalue weighted by Crippen LogP contribution is 2.26. The molecule has 7 heteroatoms. The van der Waals surface area contributed by atoms with Gasteiger partial charge in [-0.15, -0.1) is 0 Å². The van der Waals surface area contributed by atoms with Crippen molar-refractivity contribution in [3.63, 3.8) is 0 Å². The minimum atomic E-state index is 0.793. The molecule has 0 amide bonds. The molecule has 150 valence electrons. The molecule has 2 aromatic rings. The average molecular weight is 399 g/mol. The Bertz CT molecular complexity index is 729. The van der Waals surface area contributed by atoms with Gasteiger partial charge in [-0.05, 0) is 37.3 Å². The number of anilines is 3. The lowest BCUT2D eigenvalue weighted by atomic mass is 9.93. The van der Waals surface area contributed by atoms with Gasteiger partial charge in [0.25, 0.3) is 0 Å². The van der Waals surface area contributed by atoms with E-state index < -0.39 is 0 Å². The molecule has 0 saturated carbocycles. The summed E-state index contributed by atoms with van der Waals surface area (Å²) in [5, 5.41) is 0. The summed E-state index contributed by atoms with van der Waals surface area (Å²) in [5.74, 6) is 5.28. The minimum absolute atomic E-state index is 0.793. The van der Waals surface area contributed by atoms with Crippen LogP contribution in [-0.2, 0) is 0 Å². The third-order valence-electron chi connectivity index (χ3n) is 5.88. The molecule has 28 heavy (non-hydrogen) atoms. The molecule has 2 aliphatic heterocycles. The van der Waals surface area contributed by atoms with E-state index in [1.165, 1.54) is 36.5 Å². The van der Waals surface area contributed by atoms with Gasteiger partial charge in [0.05, 0.1) is 0 Å². The standard InChI is InChI=1S/C21H30N6S/c1-25(20-16-21(24-17-23-20)27-12-14-28-15-13-27)9-4-18-5-10-26(11-6-18)19-2-7-22-8-3-19/h2-3,7-8,16-18H,4-6,9-15H2,1H3. The molecule has 4 rings (SSSR count). The molecule has 0 radical (unpaired) electrons. The van der Waals surface area contributed by atoms with E-state index in [4.69, 9.17) is 0 Å². The zero-order valence-corrected chi connectivity index (χ0v) is 17.5. The SMILES string of the molecule is CN(CCC1CCN(c2ccncc2)CC1)c1cc(N2CCSCC2)ncn1. The number of nitrogens with zero attached hydrogens (tertiary/aromatic N) is 6. The Morgan fingerprint density at radius 1 is 1.04 bits per heavy atom. The number of rotatable bonds is 6. The Kier molecular flexibility index (Phi) is 6.52. The molecule has 2 fully saturated rings. The highest BCUT2D eigenvalue weighted by molar-refractivity contribution is 7.99. The van der Waals surface area contributed by atoms with Crippen LogP contribution in [0.15, 0.2) is 36.9 Å². The largest absolute Gasteiger partial charge is 0.371 e. The van der Waals surface area contributed by atoms with Crippen molar-refractivity contribution in [1.82, 2.24) is 15.0 Å². The Hall–Kier alpha value is -2.02. The van der Waals surface area contributed by atoms with Crippen LogP contribution < -0.4 is 14.7 Å². The van der Waals surface area contributed by atoms with Crippen molar-refractivity contribution in [2.24, 2.45) is 5.92 Å². The van der Waals surface area contributed by atoms with E-state index >= 15 is 0 Å². The van der Waals surface area contributed by atoms with Gasteiger partial charge < -0.3 is 14.7 Å². The maximum atomic E-state index is 4.52. The molecule has 2 saturated heterocycles. The number of piperidine rings is 1. The summed E-state index contributed by atoms with van der Waals surface area (Å²) >= 11 is 2.02. The maximum Gasteiger partial charge on any atom is 0.134 e. The monoisotopic (exact) mass is 398 g/mol. The van der Waals surface area contributed by atoms with E-state index in [0.29, 0.717) is 0 Å². The van der Waals surface area contributed by atoms with Gasteiger partial charge in [0.2, 0.25) is 0 Å². The molecular formula is C21H30N6S. The summed E-state index contributed by atoms with van der Waals surface area (Å²) in [4.78, 5) is 20.3. The predicted molar refractivity (Wildman–Crippen MR) is 119 cm³/mol. The molecule has 4 heterocycles. The summed E-state index contributed by atoms with van der Waals surface area (Å²) in [6, 6.07) is 6.38. The normalized spacial score (nSPS) is 18.3. The fourth-order valence-electron chi connectivity index (χ4n) is 4.04. The third kappa shape index (κ3) is 4.87. The van der Waals surface area contributed by atoms with Crippen molar-refractivity contribution in [2.75, 3.05) is 66.0 Å². The van der Waals surface area contributed by atoms with Crippen molar-refractivity contribution in [3.8, 4) is 0 Å². The second kappa shape index (κ2) is 9.45. The molecule has 0 atom stereocenters. The fourth-order valence-corrected chi connectivity index (χ4v) is 4.94. The number of thioether (sulfide) groups is 1. The summed E-state index contributed by atoms with van der Waals surface area (Å²) in [5.41, 5.74) is 1.30. The first-order chi connectivity index (χ1) is 13.8. The third-order valence-corrected chi connectivity index (χ3v) is 6.82. The van der Waals surface area contributed by atoms with Gasteiger partial charge in [0, 0.05) is 75.4 Å². The van der Waals surface area contributed by atoms with Crippen LogP contribution in [0, 0.1) is 5.92 Å². The molecule has 0 spiro atoms. The van der Waals surface area contributed by atoms with Crippen LogP contribution in [-0.4, -0.2) is 66.2 Å². The van der Waals surface area contributed by atoms with E-state index in [1.54, 1.807) is 6.33 Å². The van der Waals surface area contributed by atoms with Crippen LogP contribution >= 0.6 is 11.8 Å². The molecule has 0 aliphatic carbocycles. The molecule has 2 aliphatic rings. The van der Waals surface area contributed by atoms with Crippen molar-refractivity contribution >= 4 is 29.1 Å². The smallest absolute Gasteiger partial charge is 0.134 e. The van der Waals surface area contributed by atoms with Crippen molar-refractivity contribution in [3.05, 3.63) is 36.9 Å². The van der Waals surface area contributed by atoms with E-state index in [1.807, 2.05) is 24.2 Å². The van der Waals surface area contributed by atoms with Crippen LogP contribution in [0.2, 0.25) is 0 Å². The lowest BCUT2D eigenvalue weighted by molar-refractivity contribution is 0.384. The second-order valence-corrected chi connectivity index (χ2v) is 8.90. The Balaban J connectivity index is 1.26. The van der Waals surface area contributed by atoms with Gasteiger partial charge in [-0.1, -0.05) is 0 Å². The van der Waals surface area contributed by atoms with Gasteiger partial charge in [-0.25, -0.2) is 9.97 Å². The Morgan fingerprint density at radius 3 is 2.54 bits per heavy atom. The summed E-state index contributed by atoms with van der Waals surface area (Å²) in [7, 11) is 2.16. The molecule has 0 N–H and O–H groups in total. The number of hydrogen-bond acceptors (Lipinski definition) is 7. The first-order valence-corrected chi connectivity index (χ1v) is 11.5. The zero-order chi connectivity index (χ0) is 19.2. The van der Waals surface area contributed by atoms with E-state index in [9.17, 15) is 0 Å². The van der Waals surface area contributed by atoms with Gasteiger partial charge in [0.15, 0.2) is 0 Å². The number of aromatic nitrogens is 3. The number of hydrogen-bond donors (Lipinski definition) is 0. The Morgan fingerprint density at radius 2 is 1.79 bits per heavy atom. The summed E-state index contributed by atoms with van der Waals surface area (Å²) in [6.07, 6.45) is 9.23. The van der Waals surface area contributed by atoms with Gasteiger partial charge in [-0.3, -0.25) is 4.98 Å². The summed E-state index contributed by atoms with van der Waals surface area (Å²) < 4.78 is 0. The highest BCUT2D eigenvalue weighted by atomic mass is 32.2. The lowest BCUT2D eigenvalue weighted by Crippen LogP contribution is -2.35. The highest BCUT2D eigenvalue weighted by Gasteiger charge is 2.20. The van der Waals surface area contributed by atoms with Gasteiger partial charge in [-0.2, -0.15) is 11.8 Å². The first-order valence-electron chi connectivity index (χ1n) is 10.3. The molecule has 2 aromatic heterocycles. The fraction of sp³-hybridized carbons (Fsp3) is 0.571. The average Bonchev–Trinajstić information content (AvgIpc) is 2.79. The lowest BCUT2D eigenvalue weighted by Gasteiger charge is -2.34. The van der Waals surface area contributed by atoms with Crippen LogP contribution in [0.4, 0.5) is 17.3 Å². The van der Waals surface area contributed by atoms with Crippen LogP contribution in [0.3, 0.4) is 0 Å². The maximum absolute atomic E-state index is 4.52. The van der Waals surface area contributed by atoms with Gasteiger partial charge >= 0.3 is 0 Å². The van der Waals surface area contributed by atoms with Crippen molar-refractivity contribution in [1.29, 1.82) is 0 Å². The van der Waals surface area contributed by atoms with Crippen LogP contribution in [0.25, 0.3) is 0 Å². The zero-order valence-electron chi connectivity index (χ0n) is 16.7. The van der Waals surface area contributed by atoms with Crippen molar-refractivity contribution in [2.45, 2.75) is 19.3 Å². The predicted octanol–water partition coefficient (Wildman–Crippen LogP) is 3.17. The summed E-state index contributed by atoms with van der Waals surface area (Å²) in [6.45, 7) is 5.50. The van der Waals surface area contributed by atoms with Crippen LogP contribution in [0.1, 0.15) is 19.3 Å². The molecule has 6 nitrogen and oxygen atoms in total. The molecule has 0 unspecified atom stereocenters. The van der Waals surface area contributed by atoms with Crippen molar-refractivity contribution < 1.29 is 0 Å². The number of pyridine rings is 1. The van der Waals surface area contributed by atoms with Gasteiger partial charge in [0.1, 0.15) is 18.0 Å². The quantitative estimate of drug-likeness (QED) is 0.741. The molecule has 0 bridgehead atoms. The molecular weight excluding hydrogens is 368 g/mol. The minimum Gasteiger partial charge on any atom is -0.371 e. The van der Waals surface area contributed by atoms with E-state index in [-0.39, 0.29) is 0 Å². The van der Waals surface area contributed by atoms with Crippen LogP contribution in [0.5, 0.6) is 0 Å².